The van der Waals surface area contributed by atoms with Crippen molar-refractivity contribution in [3.63, 3.8) is 0 Å². The lowest BCUT2D eigenvalue weighted by atomic mass is 9.95. The van der Waals surface area contributed by atoms with Gasteiger partial charge in [-0.2, -0.15) is 0 Å². The minimum atomic E-state index is -0.419. The molecule has 0 aliphatic heterocycles. The average Bonchev–Trinajstić information content (AvgIpc) is 2.96. The molecule has 0 saturated heterocycles. The number of Topliss-reactive ketones (excluding diaryl/α,β-unsaturated/α-hetero) is 1. The zero-order chi connectivity index (χ0) is 29.2. The summed E-state index contributed by atoms with van der Waals surface area (Å²) in [5, 5.41) is 0. The third-order valence-corrected chi connectivity index (χ3v) is 7.71. The van der Waals surface area contributed by atoms with Crippen LogP contribution in [0.15, 0.2) is 48.6 Å². The van der Waals surface area contributed by atoms with E-state index in [2.05, 4.69) is 62.5 Å². The maximum Gasteiger partial charge on any atom is 0.143 e. The molecule has 0 bridgehead atoms. The van der Waals surface area contributed by atoms with Crippen LogP contribution in [0.4, 0.5) is 0 Å². The van der Waals surface area contributed by atoms with Crippen LogP contribution in [0.1, 0.15) is 174 Å². The highest BCUT2D eigenvalue weighted by molar-refractivity contribution is 5.93. The van der Waals surface area contributed by atoms with Crippen LogP contribution in [0, 0.1) is 5.92 Å². The Balaban J connectivity index is 3.62. The number of carbonyl (C=O) groups excluding carboxylic acids is 2. The lowest BCUT2D eigenvalue weighted by Crippen LogP contribution is -2.15. The van der Waals surface area contributed by atoms with Crippen molar-refractivity contribution in [1.82, 2.24) is 0 Å². The third-order valence-electron chi connectivity index (χ3n) is 7.71. The molecule has 0 saturated carbocycles. The Bertz CT molecular complexity index is 654. The van der Waals surface area contributed by atoms with Gasteiger partial charge in [0.05, 0.1) is 5.92 Å². The molecule has 0 N–H and O–H groups in total. The van der Waals surface area contributed by atoms with Gasteiger partial charge in [-0.3, -0.25) is 4.79 Å². The number of carbonyl (C=O) groups is 2. The van der Waals surface area contributed by atoms with Crippen LogP contribution >= 0.6 is 0 Å². The van der Waals surface area contributed by atoms with Crippen LogP contribution in [0.2, 0.25) is 0 Å². The van der Waals surface area contributed by atoms with Crippen molar-refractivity contribution in [2.24, 2.45) is 5.92 Å². The van der Waals surface area contributed by atoms with Crippen LogP contribution in [0.3, 0.4) is 0 Å². The highest BCUT2D eigenvalue weighted by atomic mass is 16.1. The van der Waals surface area contributed by atoms with Gasteiger partial charge in [0.2, 0.25) is 0 Å². The van der Waals surface area contributed by atoms with Crippen molar-refractivity contribution < 1.29 is 9.59 Å². The number of allylic oxidation sites excluding steroid dienone is 8. The van der Waals surface area contributed by atoms with E-state index in [0.717, 1.165) is 44.8 Å². The van der Waals surface area contributed by atoms with Gasteiger partial charge in [-0.25, -0.2) is 0 Å². The van der Waals surface area contributed by atoms with E-state index in [4.69, 9.17) is 0 Å². The molecule has 0 radical (unpaired) electrons. The number of aldehydes is 1. The maximum absolute atomic E-state index is 12.4. The quantitative estimate of drug-likeness (QED) is 0.0369. The van der Waals surface area contributed by atoms with Gasteiger partial charge >= 0.3 is 0 Å². The molecule has 0 aliphatic carbocycles. The van der Waals surface area contributed by atoms with E-state index in [0.29, 0.717) is 12.8 Å². The zero-order valence-corrected chi connectivity index (χ0v) is 26.8. The van der Waals surface area contributed by atoms with Gasteiger partial charge in [0.25, 0.3) is 0 Å². The summed E-state index contributed by atoms with van der Waals surface area (Å²) in [6.07, 6.45) is 48.4. The lowest BCUT2D eigenvalue weighted by molar-refractivity contribution is -0.127. The molecule has 0 amide bonds. The molecule has 0 spiro atoms. The van der Waals surface area contributed by atoms with Crippen LogP contribution < -0.4 is 0 Å². The van der Waals surface area contributed by atoms with E-state index >= 15 is 0 Å². The lowest BCUT2D eigenvalue weighted by Gasteiger charge is -2.08. The normalized spacial score (nSPS) is 12.9. The third kappa shape index (κ3) is 29.3. The smallest absolute Gasteiger partial charge is 0.143 e. The molecule has 1 unspecified atom stereocenters. The fourth-order valence-corrected chi connectivity index (χ4v) is 5.00. The molecular formula is C38H66O2. The molecule has 2 nitrogen and oxygen atoms in total. The summed E-state index contributed by atoms with van der Waals surface area (Å²) in [4.78, 5) is 23.9. The van der Waals surface area contributed by atoms with Gasteiger partial charge in [0.15, 0.2) is 0 Å². The van der Waals surface area contributed by atoms with Gasteiger partial charge in [-0.05, 0) is 51.4 Å². The number of hydrogen-bond acceptors (Lipinski definition) is 2. The Hall–Kier alpha value is -1.70. The molecule has 0 aromatic carbocycles. The van der Waals surface area contributed by atoms with Crippen molar-refractivity contribution >= 4 is 12.1 Å². The summed E-state index contributed by atoms with van der Waals surface area (Å²) in [5.41, 5.74) is 0. The Labute approximate surface area is 250 Å². The Morgan fingerprint density at radius 2 is 0.850 bits per heavy atom. The molecule has 0 aliphatic rings. The summed E-state index contributed by atoms with van der Waals surface area (Å²) >= 11 is 0. The minimum Gasteiger partial charge on any atom is -0.303 e. The van der Waals surface area contributed by atoms with Gasteiger partial charge < -0.3 is 4.79 Å². The standard InChI is InChI=1S/C38H66O2/c1-3-5-7-9-11-13-15-17-19-21-22-24-26-28-30-32-34-37(36-39)38(40)35-33-31-29-27-25-23-20-18-16-14-12-10-8-6-4-2/h11,13,17,19,22,24,28,30,36-37H,3-10,12,14-16,18,20-21,23,25-27,29,31-35H2,1-2H3/b13-11-,19-17-,24-22-,30-28-. The predicted octanol–water partition coefficient (Wildman–Crippen LogP) is 12.4. The Kier molecular flexibility index (Phi) is 32.1. The SMILES string of the molecule is CCCCC/C=C\C/C=C\C/C=C\C/C=C\CCC(C=O)C(=O)CCCCCCCCCCCCCCCCC. The van der Waals surface area contributed by atoms with Gasteiger partial charge in [-0.15, -0.1) is 0 Å². The first-order valence-corrected chi connectivity index (χ1v) is 17.3. The molecule has 1 atom stereocenters. The molecule has 230 valence electrons. The Morgan fingerprint density at radius 3 is 1.30 bits per heavy atom. The molecule has 0 aromatic heterocycles. The summed E-state index contributed by atoms with van der Waals surface area (Å²) < 4.78 is 0. The molecule has 2 heteroatoms. The van der Waals surface area contributed by atoms with E-state index in [-0.39, 0.29) is 5.78 Å². The topological polar surface area (TPSA) is 34.1 Å². The first-order valence-electron chi connectivity index (χ1n) is 17.3. The second kappa shape index (κ2) is 33.5. The predicted molar refractivity (Wildman–Crippen MR) is 178 cm³/mol. The van der Waals surface area contributed by atoms with Crippen molar-refractivity contribution in [2.75, 3.05) is 0 Å². The Morgan fingerprint density at radius 1 is 0.475 bits per heavy atom. The highest BCUT2D eigenvalue weighted by Crippen LogP contribution is 2.15. The van der Waals surface area contributed by atoms with Crippen molar-refractivity contribution in [1.29, 1.82) is 0 Å². The average molecular weight is 555 g/mol. The number of hydrogen-bond donors (Lipinski definition) is 0. The van der Waals surface area contributed by atoms with E-state index in [9.17, 15) is 9.59 Å². The molecule has 0 rings (SSSR count). The summed E-state index contributed by atoms with van der Waals surface area (Å²) in [5.74, 6) is -0.279. The van der Waals surface area contributed by atoms with E-state index in [1.807, 2.05) is 0 Å². The maximum atomic E-state index is 12.4. The molecule has 40 heavy (non-hydrogen) atoms. The molecule has 0 fully saturated rings. The summed E-state index contributed by atoms with van der Waals surface area (Å²) in [6, 6.07) is 0. The van der Waals surface area contributed by atoms with Crippen LogP contribution in [0.5, 0.6) is 0 Å². The van der Waals surface area contributed by atoms with E-state index < -0.39 is 5.92 Å². The van der Waals surface area contributed by atoms with Gasteiger partial charge in [0, 0.05) is 6.42 Å². The van der Waals surface area contributed by atoms with Crippen LogP contribution in [-0.2, 0) is 9.59 Å². The highest BCUT2D eigenvalue weighted by Gasteiger charge is 2.15. The minimum absolute atomic E-state index is 0.139. The van der Waals surface area contributed by atoms with Gasteiger partial charge in [-0.1, -0.05) is 165 Å². The second-order valence-electron chi connectivity index (χ2n) is 11.6. The van der Waals surface area contributed by atoms with E-state index in [1.165, 1.54) is 109 Å². The fourth-order valence-electron chi connectivity index (χ4n) is 5.00. The van der Waals surface area contributed by atoms with E-state index in [1.54, 1.807) is 0 Å². The largest absolute Gasteiger partial charge is 0.303 e. The van der Waals surface area contributed by atoms with Crippen LogP contribution in [0.25, 0.3) is 0 Å². The monoisotopic (exact) mass is 555 g/mol. The van der Waals surface area contributed by atoms with Crippen molar-refractivity contribution in [3.05, 3.63) is 48.6 Å². The number of ketones is 1. The summed E-state index contributed by atoms with van der Waals surface area (Å²) in [7, 11) is 0. The fraction of sp³-hybridized carbons (Fsp3) is 0.737. The first kappa shape index (κ1) is 38.3. The van der Waals surface area contributed by atoms with Gasteiger partial charge in [0.1, 0.15) is 12.1 Å². The number of rotatable bonds is 31. The summed E-state index contributed by atoms with van der Waals surface area (Å²) in [6.45, 7) is 4.52. The number of unbranched alkanes of at least 4 members (excludes halogenated alkanes) is 17. The first-order chi connectivity index (χ1) is 19.8. The van der Waals surface area contributed by atoms with Crippen LogP contribution in [-0.4, -0.2) is 12.1 Å². The van der Waals surface area contributed by atoms with Crippen molar-refractivity contribution in [2.45, 2.75) is 174 Å². The molecular weight excluding hydrogens is 488 g/mol. The van der Waals surface area contributed by atoms with Crippen molar-refractivity contribution in [3.8, 4) is 0 Å². The zero-order valence-electron chi connectivity index (χ0n) is 26.8. The molecule has 0 aromatic rings. The molecule has 0 heterocycles. The second-order valence-corrected chi connectivity index (χ2v) is 11.6.